The highest BCUT2D eigenvalue weighted by atomic mass is 15.2. The van der Waals surface area contributed by atoms with Crippen LogP contribution in [-0.4, -0.2) is 36.6 Å². The van der Waals surface area contributed by atoms with Crippen molar-refractivity contribution in [3.8, 4) is 0 Å². The average Bonchev–Trinajstić information content (AvgIpc) is 3.09. The van der Waals surface area contributed by atoms with Crippen LogP contribution in [-0.2, 0) is 0 Å². The minimum atomic E-state index is 0.748. The normalized spacial score (nSPS) is 29.6. The first-order valence-electron chi connectivity index (χ1n) is 7.14. The molecule has 0 amide bonds. The summed E-state index contributed by atoms with van der Waals surface area (Å²) in [4.78, 5) is 2.72. The molecule has 0 aromatic rings. The number of nitrogens with zero attached hydrogens (tertiary/aromatic N) is 1. The number of nitrogens with one attached hydrogen (secondary N) is 1. The van der Waals surface area contributed by atoms with Crippen LogP contribution in [0.4, 0.5) is 0 Å². The summed E-state index contributed by atoms with van der Waals surface area (Å²) in [5, 5.41) is 3.72. The van der Waals surface area contributed by atoms with Gasteiger partial charge in [0.25, 0.3) is 0 Å². The molecule has 0 bridgehead atoms. The molecule has 1 heterocycles. The SMILES string of the molecule is CC(C)CNC1CCCN(C(C)C2CC2)C1. The van der Waals surface area contributed by atoms with Gasteiger partial charge in [-0.15, -0.1) is 0 Å². The summed E-state index contributed by atoms with van der Waals surface area (Å²) in [5.41, 5.74) is 0. The lowest BCUT2D eigenvalue weighted by molar-refractivity contribution is 0.131. The van der Waals surface area contributed by atoms with E-state index in [0.29, 0.717) is 0 Å². The first kappa shape index (κ1) is 12.4. The van der Waals surface area contributed by atoms with Crippen molar-refractivity contribution >= 4 is 0 Å². The molecule has 2 rings (SSSR count). The second-order valence-electron chi connectivity index (χ2n) is 6.21. The van der Waals surface area contributed by atoms with Crippen molar-refractivity contribution in [2.24, 2.45) is 11.8 Å². The van der Waals surface area contributed by atoms with Crippen LogP contribution in [0.15, 0.2) is 0 Å². The van der Waals surface area contributed by atoms with Crippen LogP contribution >= 0.6 is 0 Å². The molecule has 94 valence electrons. The average molecular weight is 224 g/mol. The summed E-state index contributed by atoms with van der Waals surface area (Å²) in [6.07, 6.45) is 5.71. The molecule has 1 aliphatic heterocycles. The first-order valence-corrected chi connectivity index (χ1v) is 7.14. The van der Waals surface area contributed by atoms with Crippen molar-refractivity contribution in [3.63, 3.8) is 0 Å². The largest absolute Gasteiger partial charge is 0.312 e. The Hall–Kier alpha value is -0.0800. The van der Waals surface area contributed by atoms with E-state index in [1.807, 2.05) is 0 Å². The Bertz CT molecular complexity index is 211. The Morgan fingerprint density at radius 3 is 2.56 bits per heavy atom. The first-order chi connectivity index (χ1) is 7.66. The highest BCUT2D eigenvalue weighted by Gasteiger charge is 2.33. The molecule has 2 heteroatoms. The maximum Gasteiger partial charge on any atom is 0.0195 e. The van der Waals surface area contributed by atoms with Crippen LogP contribution in [0.25, 0.3) is 0 Å². The minimum absolute atomic E-state index is 0.748. The molecule has 0 aromatic carbocycles. The quantitative estimate of drug-likeness (QED) is 0.772. The summed E-state index contributed by atoms with van der Waals surface area (Å²) < 4.78 is 0. The predicted molar refractivity (Wildman–Crippen MR) is 69.6 cm³/mol. The summed E-state index contributed by atoms with van der Waals surface area (Å²) >= 11 is 0. The standard InChI is InChI=1S/C14H28N2/c1-11(2)9-15-14-5-4-8-16(10-14)12(3)13-6-7-13/h11-15H,4-10H2,1-3H3. The Morgan fingerprint density at radius 2 is 1.94 bits per heavy atom. The summed E-state index contributed by atoms with van der Waals surface area (Å²) in [5.74, 6) is 1.79. The zero-order valence-corrected chi connectivity index (χ0v) is 11.2. The van der Waals surface area contributed by atoms with E-state index < -0.39 is 0 Å². The fourth-order valence-electron chi connectivity index (χ4n) is 2.82. The molecule has 2 nitrogen and oxygen atoms in total. The van der Waals surface area contributed by atoms with Crippen LogP contribution in [0, 0.1) is 11.8 Å². The van der Waals surface area contributed by atoms with Crippen molar-refractivity contribution in [2.45, 2.75) is 58.5 Å². The maximum absolute atomic E-state index is 3.72. The predicted octanol–water partition coefficient (Wildman–Crippen LogP) is 2.49. The lowest BCUT2D eigenvalue weighted by Gasteiger charge is -2.37. The molecule has 1 saturated carbocycles. The van der Waals surface area contributed by atoms with Gasteiger partial charge < -0.3 is 5.32 Å². The second-order valence-corrected chi connectivity index (χ2v) is 6.21. The van der Waals surface area contributed by atoms with Crippen molar-refractivity contribution in [1.29, 1.82) is 0 Å². The van der Waals surface area contributed by atoms with Gasteiger partial charge in [-0.1, -0.05) is 13.8 Å². The van der Waals surface area contributed by atoms with Gasteiger partial charge in [0.05, 0.1) is 0 Å². The number of rotatable bonds is 5. The molecule has 2 atom stereocenters. The van der Waals surface area contributed by atoms with Gasteiger partial charge >= 0.3 is 0 Å². The molecule has 2 unspecified atom stereocenters. The van der Waals surface area contributed by atoms with Gasteiger partial charge in [0.2, 0.25) is 0 Å². The van der Waals surface area contributed by atoms with E-state index in [-0.39, 0.29) is 0 Å². The van der Waals surface area contributed by atoms with Crippen LogP contribution in [0.2, 0.25) is 0 Å². The number of hydrogen-bond donors (Lipinski definition) is 1. The third-order valence-corrected chi connectivity index (χ3v) is 4.15. The summed E-state index contributed by atoms with van der Waals surface area (Å²) in [6, 6.07) is 1.58. The Balaban J connectivity index is 1.74. The lowest BCUT2D eigenvalue weighted by atomic mass is 10.0. The highest BCUT2D eigenvalue weighted by Crippen LogP contribution is 2.35. The third-order valence-electron chi connectivity index (χ3n) is 4.15. The zero-order valence-electron chi connectivity index (χ0n) is 11.2. The van der Waals surface area contributed by atoms with Crippen molar-refractivity contribution in [1.82, 2.24) is 10.2 Å². The molecule has 16 heavy (non-hydrogen) atoms. The topological polar surface area (TPSA) is 15.3 Å². The third kappa shape index (κ3) is 3.46. The fraction of sp³-hybridized carbons (Fsp3) is 1.00. The van der Waals surface area contributed by atoms with Gasteiger partial charge in [0.15, 0.2) is 0 Å². The van der Waals surface area contributed by atoms with E-state index in [1.165, 1.54) is 45.3 Å². The molecule has 0 radical (unpaired) electrons. The van der Waals surface area contributed by atoms with Gasteiger partial charge in [0, 0.05) is 18.6 Å². The minimum Gasteiger partial charge on any atom is -0.312 e. The van der Waals surface area contributed by atoms with E-state index in [4.69, 9.17) is 0 Å². The maximum atomic E-state index is 3.72. The molecule has 0 spiro atoms. The molecule has 1 saturated heterocycles. The van der Waals surface area contributed by atoms with E-state index in [9.17, 15) is 0 Å². The van der Waals surface area contributed by atoms with E-state index in [1.54, 1.807) is 0 Å². The molecule has 1 N–H and O–H groups in total. The number of hydrogen-bond acceptors (Lipinski definition) is 2. The van der Waals surface area contributed by atoms with E-state index in [0.717, 1.165) is 23.9 Å². The van der Waals surface area contributed by atoms with E-state index >= 15 is 0 Å². The Morgan fingerprint density at radius 1 is 1.19 bits per heavy atom. The summed E-state index contributed by atoms with van der Waals surface area (Å²) in [6.45, 7) is 10.8. The Kier molecular flexibility index (Phi) is 4.26. The van der Waals surface area contributed by atoms with Crippen molar-refractivity contribution < 1.29 is 0 Å². The van der Waals surface area contributed by atoms with Gasteiger partial charge in [0.1, 0.15) is 0 Å². The van der Waals surface area contributed by atoms with E-state index in [2.05, 4.69) is 31.0 Å². The van der Waals surface area contributed by atoms with Crippen LogP contribution in [0.3, 0.4) is 0 Å². The van der Waals surface area contributed by atoms with Crippen LogP contribution < -0.4 is 5.32 Å². The number of piperidine rings is 1. The lowest BCUT2D eigenvalue weighted by Crippen LogP contribution is -2.50. The van der Waals surface area contributed by atoms with Crippen LogP contribution in [0.1, 0.15) is 46.5 Å². The molecular weight excluding hydrogens is 196 g/mol. The molecular formula is C14H28N2. The molecule has 1 aliphatic carbocycles. The van der Waals surface area contributed by atoms with Crippen molar-refractivity contribution in [2.75, 3.05) is 19.6 Å². The highest BCUT2D eigenvalue weighted by molar-refractivity contribution is 4.89. The Labute approximate surface area is 101 Å². The molecule has 2 aliphatic rings. The van der Waals surface area contributed by atoms with Gasteiger partial charge in [-0.05, 0) is 57.5 Å². The van der Waals surface area contributed by atoms with Gasteiger partial charge in [-0.3, -0.25) is 4.90 Å². The molecule has 2 fully saturated rings. The smallest absolute Gasteiger partial charge is 0.0195 e. The van der Waals surface area contributed by atoms with Crippen molar-refractivity contribution in [3.05, 3.63) is 0 Å². The fourth-order valence-corrected chi connectivity index (χ4v) is 2.82. The number of likely N-dealkylation sites (tertiary alicyclic amines) is 1. The monoisotopic (exact) mass is 224 g/mol. The zero-order chi connectivity index (χ0) is 11.5. The van der Waals surface area contributed by atoms with Gasteiger partial charge in [-0.25, -0.2) is 0 Å². The molecule has 0 aromatic heterocycles. The van der Waals surface area contributed by atoms with Crippen LogP contribution in [0.5, 0.6) is 0 Å². The summed E-state index contributed by atoms with van der Waals surface area (Å²) in [7, 11) is 0. The van der Waals surface area contributed by atoms with Gasteiger partial charge in [-0.2, -0.15) is 0 Å². The second kappa shape index (κ2) is 5.50.